The van der Waals surface area contributed by atoms with Crippen LogP contribution in [0.5, 0.6) is 0 Å². The first-order chi connectivity index (χ1) is 8.70. The molecule has 1 aliphatic carbocycles. The first kappa shape index (κ1) is 12.9. The van der Waals surface area contributed by atoms with Crippen LogP contribution in [0.4, 0.5) is 0 Å². The smallest absolute Gasteiger partial charge is 0.00507 e. The average molecular weight is 250 g/mol. The van der Waals surface area contributed by atoms with Crippen molar-refractivity contribution in [3.05, 3.63) is 0 Å². The van der Waals surface area contributed by atoms with Crippen LogP contribution in [0.1, 0.15) is 58.3 Å². The molecule has 2 heterocycles. The molecule has 18 heavy (non-hydrogen) atoms. The fourth-order valence-electron chi connectivity index (χ4n) is 4.54. The predicted octanol–water partition coefficient (Wildman–Crippen LogP) is 3.03. The van der Waals surface area contributed by atoms with E-state index in [-0.39, 0.29) is 0 Å². The van der Waals surface area contributed by atoms with Gasteiger partial charge in [-0.05, 0) is 49.6 Å². The third-order valence-corrected chi connectivity index (χ3v) is 5.70. The SMILES string of the molecule is CC1(CN2CC3(CCCCCC3)C2)CCNCC1. The standard InChI is InChI=1S/C16H30N2/c1-15(8-10-17-11-9-15)12-18-13-16(14-18)6-4-2-3-5-7-16/h17H,2-14H2,1H3. The van der Waals surface area contributed by atoms with E-state index in [9.17, 15) is 0 Å². The summed E-state index contributed by atoms with van der Waals surface area (Å²) in [4.78, 5) is 2.76. The van der Waals surface area contributed by atoms with E-state index in [1.807, 2.05) is 0 Å². The summed E-state index contributed by atoms with van der Waals surface area (Å²) in [7, 11) is 0. The van der Waals surface area contributed by atoms with Crippen molar-refractivity contribution < 1.29 is 0 Å². The predicted molar refractivity (Wildman–Crippen MR) is 76.8 cm³/mol. The lowest BCUT2D eigenvalue weighted by Gasteiger charge is -2.53. The molecule has 0 bridgehead atoms. The maximum Gasteiger partial charge on any atom is 0.00507 e. The number of hydrogen-bond donors (Lipinski definition) is 1. The molecule has 1 N–H and O–H groups in total. The van der Waals surface area contributed by atoms with Gasteiger partial charge in [0.25, 0.3) is 0 Å². The van der Waals surface area contributed by atoms with Crippen molar-refractivity contribution in [2.45, 2.75) is 58.3 Å². The fourth-order valence-corrected chi connectivity index (χ4v) is 4.54. The summed E-state index contributed by atoms with van der Waals surface area (Å²) in [6, 6.07) is 0. The van der Waals surface area contributed by atoms with Crippen LogP contribution in [0.2, 0.25) is 0 Å². The minimum Gasteiger partial charge on any atom is -0.317 e. The second-order valence-electron chi connectivity index (χ2n) is 7.62. The summed E-state index contributed by atoms with van der Waals surface area (Å²) >= 11 is 0. The lowest BCUT2D eigenvalue weighted by Crippen LogP contribution is -2.59. The van der Waals surface area contributed by atoms with Crippen molar-refractivity contribution in [3.8, 4) is 0 Å². The molecule has 3 fully saturated rings. The van der Waals surface area contributed by atoms with Crippen molar-refractivity contribution in [1.82, 2.24) is 10.2 Å². The third kappa shape index (κ3) is 2.75. The lowest BCUT2D eigenvalue weighted by molar-refractivity contribution is -0.0406. The van der Waals surface area contributed by atoms with Gasteiger partial charge in [0.2, 0.25) is 0 Å². The first-order valence-corrected chi connectivity index (χ1v) is 8.13. The number of rotatable bonds is 2. The van der Waals surface area contributed by atoms with Crippen LogP contribution in [0.3, 0.4) is 0 Å². The maximum absolute atomic E-state index is 3.50. The van der Waals surface area contributed by atoms with Crippen molar-refractivity contribution >= 4 is 0 Å². The van der Waals surface area contributed by atoms with Crippen molar-refractivity contribution in [2.75, 3.05) is 32.7 Å². The molecule has 104 valence electrons. The lowest BCUT2D eigenvalue weighted by atomic mass is 9.71. The molecule has 0 aromatic rings. The molecular formula is C16H30N2. The Morgan fingerprint density at radius 1 is 0.889 bits per heavy atom. The molecular weight excluding hydrogens is 220 g/mol. The third-order valence-electron chi connectivity index (χ3n) is 5.70. The van der Waals surface area contributed by atoms with E-state index in [1.165, 1.54) is 84.1 Å². The number of nitrogens with one attached hydrogen (secondary N) is 1. The molecule has 0 atom stereocenters. The zero-order valence-corrected chi connectivity index (χ0v) is 12.1. The van der Waals surface area contributed by atoms with Gasteiger partial charge in [0.15, 0.2) is 0 Å². The summed E-state index contributed by atoms with van der Waals surface area (Å²) in [5, 5.41) is 3.50. The van der Waals surface area contributed by atoms with E-state index in [2.05, 4.69) is 17.1 Å². The Morgan fingerprint density at radius 3 is 2.11 bits per heavy atom. The van der Waals surface area contributed by atoms with Crippen molar-refractivity contribution in [3.63, 3.8) is 0 Å². The maximum atomic E-state index is 3.50. The van der Waals surface area contributed by atoms with E-state index in [0.717, 1.165) is 5.41 Å². The summed E-state index contributed by atoms with van der Waals surface area (Å²) in [5.41, 5.74) is 1.34. The highest BCUT2D eigenvalue weighted by atomic mass is 15.2. The second kappa shape index (κ2) is 5.13. The van der Waals surface area contributed by atoms with Crippen LogP contribution >= 0.6 is 0 Å². The van der Waals surface area contributed by atoms with Gasteiger partial charge in [0.1, 0.15) is 0 Å². The second-order valence-corrected chi connectivity index (χ2v) is 7.62. The Hall–Kier alpha value is -0.0800. The summed E-state index contributed by atoms with van der Waals surface area (Å²) in [6.07, 6.45) is 11.7. The molecule has 2 nitrogen and oxygen atoms in total. The number of hydrogen-bond acceptors (Lipinski definition) is 2. The molecule has 1 saturated carbocycles. The molecule has 2 heteroatoms. The van der Waals surface area contributed by atoms with Gasteiger partial charge in [-0.3, -0.25) is 0 Å². The first-order valence-electron chi connectivity index (χ1n) is 8.13. The summed E-state index contributed by atoms with van der Waals surface area (Å²) in [5.74, 6) is 0. The number of nitrogens with zero attached hydrogens (tertiary/aromatic N) is 1. The van der Waals surface area contributed by atoms with Gasteiger partial charge in [0, 0.05) is 19.6 Å². The molecule has 0 unspecified atom stereocenters. The highest BCUT2D eigenvalue weighted by Gasteiger charge is 2.44. The normalized spacial score (nSPS) is 31.8. The van der Waals surface area contributed by atoms with Crippen LogP contribution in [-0.4, -0.2) is 37.6 Å². The van der Waals surface area contributed by atoms with Crippen molar-refractivity contribution in [2.24, 2.45) is 10.8 Å². The molecule has 2 saturated heterocycles. The Kier molecular flexibility index (Phi) is 3.68. The van der Waals surface area contributed by atoms with E-state index in [1.54, 1.807) is 0 Å². The topological polar surface area (TPSA) is 15.3 Å². The van der Waals surface area contributed by atoms with Gasteiger partial charge in [-0.2, -0.15) is 0 Å². The minimum absolute atomic E-state index is 0.595. The van der Waals surface area contributed by atoms with Gasteiger partial charge in [0.05, 0.1) is 0 Å². The molecule has 0 amide bonds. The quantitative estimate of drug-likeness (QED) is 0.810. The van der Waals surface area contributed by atoms with Gasteiger partial charge >= 0.3 is 0 Å². The van der Waals surface area contributed by atoms with E-state index < -0.39 is 0 Å². The largest absolute Gasteiger partial charge is 0.317 e. The zero-order chi connectivity index (χ0) is 12.5. The van der Waals surface area contributed by atoms with Crippen LogP contribution in [-0.2, 0) is 0 Å². The Labute approximate surface area is 113 Å². The zero-order valence-electron chi connectivity index (χ0n) is 12.1. The molecule has 0 aromatic carbocycles. The van der Waals surface area contributed by atoms with Crippen LogP contribution in [0.15, 0.2) is 0 Å². The highest BCUT2D eigenvalue weighted by molar-refractivity contribution is 4.98. The van der Waals surface area contributed by atoms with Crippen LogP contribution in [0, 0.1) is 10.8 Å². The van der Waals surface area contributed by atoms with Gasteiger partial charge in [-0.15, -0.1) is 0 Å². The summed E-state index contributed by atoms with van der Waals surface area (Å²) in [6.45, 7) is 9.15. The Balaban J connectivity index is 1.49. The van der Waals surface area contributed by atoms with Crippen molar-refractivity contribution in [1.29, 1.82) is 0 Å². The number of piperidine rings is 1. The molecule has 2 aliphatic heterocycles. The van der Waals surface area contributed by atoms with Gasteiger partial charge < -0.3 is 10.2 Å². The van der Waals surface area contributed by atoms with E-state index >= 15 is 0 Å². The Morgan fingerprint density at radius 2 is 1.50 bits per heavy atom. The van der Waals surface area contributed by atoms with E-state index in [0.29, 0.717) is 5.41 Å². The molecule has 0 radical (unpaired) electrons. The molecule has 3 aliphatic rings. The van der Waals surface area contributed by atoms with Crippen LogP contribution in [0.25, 0.3) is 0 Å². The van der Waals surface area contributed by atoms with Gasteiger partial charge in [-0.1, -0.05) is 32.6 Å². The number of likely N-dealkylation sites (tertiary alicyclic amines) is 1. The molecule has 1 spiro atoms. The van der Waals surface area contributed by atoms with Crippen LogP contribution < -0.4 is 5.32 Å². The van der Waals surface area contributed by atoms with E-state index in [4.69, 9.17) is 0 Å². The highest BCUT2D eigenvalue weighted by Crippen LogP contribution is 2.44. The monoisotopic (exact) mass is 250 g/mol. The minimum atomic E-state index is 0.595. The average Bonchev–Trinajstić information content (AvgIpc) is 2.55. The summed E-state index contributed by atoms with van der Waals surface area (Å²) < 4.78 is 0. The molecule has 3 rings (SSSR count). The Bertz CT molecular complexity index is 265. The molecule has 0 aromatic heterocycles. The fraction of sp³-hybridized carbons (Fsp3) is 1.00. The van der Waals surface area contributed by atoms with Gasteiger partial charge in [-0.25, -0.2) is 0 Å².